The third kappa shape index (κ3) is 11.8. The first-order valence-electron chi connectivity index (χ1n) is 16.4. The summed E-state index contributed by atoms with van der Waals surface area (Å²) in [5.74, 6) is 0.798. The van der Waals surface area contributed by atoms with Crippen molar-refractivity contribution in [3.63, 3.8) is 0 Å². The van der Waals surface area contributed by atoms with Gasteiger partial charge in [0.05, 0.1) is 13.2 Å². The van der Waals surface area contributed by atoms with E-state index in [9.17, 15) is 9.59 Å². The van der Waals surface area contributed by atoms with E-state index in [-0.39, 0.29) is 38.4 Å². The standard InChI is InChI=1S/C36H49BrO8/c1-5-9-19-40-22-27(44-33(38)13-7-3)24-42-35-29-15-11-12-16-30(29)36(32-21-26(37)17-18-31(32)35)43-25-28(23-41-20-10-6-2)45-34(39)14-8-4/h11-12,15-18,21,27-28H,5-10,13-14,19-20,22-25H2,1-4H3. The number of hydrogen-bond acceptors (Lipinski definition) is 8. The number of hydrogen-bond donors (Lipinski definition) is 0. The number of benzene rings is 3. The third-order valence-electron chi connectivity index (χ3n) is 7.11. The predicted octanol–water partition coefficient (Wildman–Crippen LogP) is 8.57. The summed E-state index contributed by atoms with van der Waals surface area (Å²) in [7, 11) is 0. The first-order valence-corrected chi connectivity index (χ1v) is 17.1. The van der Waals surface area contributed by atoms with E-state index in [0.717, 1.165) is 51.7 Å². The second-order valence-electron chi connectivity index (χ2n) is 11.1. The molecule has 8 nitrogen and oxygen atoms in total. The number of halogens is 1. The molecule has 0 spiro atoms. The van der Waals surface area contributed by atoms with Gasteiger partial charge in [0.15, 0.2) is 12.2 Å². The Balaban J connectivity index is 1.93. The van der Waals surface area contributed by atoms with Gasteiger partial charge in [0.2, 0.25) is 0 Å². The molecule has 0 saturated carbocycles. The van der Waals surface area contributed by atoms with Gasteiger partial charge < -0.3 is 28.4 Å². The van der Waals surface area contributed by atoms with E-state index in [1.54, 1.807) is 0 Å². The first kappa shape index (κ1) is 36.6. The summed E-state index contributed by atoms with van der Waals surface area (Å²) in [5, 5.41) is 3.38. The molecule has 0 aliphatic rings. The largest absolute Gasteiger partial charge is 0.488 e. The van der Waals surface area contributed by atoms with Crippen LogP contribution in [0.5, 0.6) is 11.5 Å². The van der Waals surface area contributed by atoms with Gasteiger partial charge in [-0.15, -0.1) is 0 Å². The van der Waals surface area contributed by atoms with Crippen LogP contribution in [0.25, 0.3) is 21.5 Å². The molecule has 0 aromatic heterocycles. The molecule has 0 aliphatic heterocycles. The van der Waals surface area contributed by atoms with Gasteiger partial charge in [-0.3, -0.25) is 9.59 Å². The number of unbranched alkanes of at least 4 members (excludes halogenated alkanes) is 2. The van der Waals surface area contributed by atoms with Gasteiger partial charge in [0.1, 0.15) is 24.7 Å². The van der Waals surface area contributed by atoms with Crippen molar-refractivity contribution in [3.05, 3.63) is 46.9 Å². The zero-order valence-corrected chi connectivity index (χ0v) is 28.8. The molecule has 9 heteroatoms. The minimum Gasteiger partial charge on any atom is -0.488 e. The Bertz CT molecular complexity index is 1340. The van der Waals surface area contributed by atoms with Gasteiger partial charge in [0.25, 0.3) is 0 Å². The van der Waals surface area contributed by atoms with E-state index in [2.05, 4.69) is 29.8 Å². The topological polar surface area (TPSA) is 89.5 Å². The molecule has 0 aliphatic carbocycles. The summed E-state index contributed by atoms with van der Waals surface area (Å²) in [4.78, 5) is 24.8. The number of ether oxygens (including phenoxy) is 6. The van der Waals surface area contributed by atoms with Crippen molar-refractivity contribution in [2.24, 2.45) is 0 Å². The Kier molecular flexibility index (Phi) is 16.5. The van der Waals surface area contributed by atoms with Gasteiger partial charge in [0, 0.05) is 52.1 Å². The molecule has 45 heavy (non-hydrogen) atoms. The average Bonchev–Trinajstić information content (AvgIpc) is 3.02. The lowest BCUT2D eigenvalue weighted by molar-refractivity contribution is -0.155. The molecule has 0 N–H and O–H groups in total. The van der Waals surface area contributed by atoms with Crippen molar-refractivity contribution in [1.82, 2.24) is 0 Å². The van der Waals surface area contributed by atoms with E-state index < -0.39 is 12.2 Å². The first-order chi connectivity index (χ1) is 21.9. The van der Waals surface area contributed by atoms with E-state index >= 15 is 0 Å². The molecule has 2 atom stereocenters. The molecule has 2 unspecified atom stereocenters. The molecule has 248 valence electrons. The predicted molar refractivity (Wildman–Crippen MR) is 181 cm³/mol. The van der Waals surface area contributed by atoms with E-state index in [0.29, 0.717) is 50.4 Å². The smallest absolute Gasteiger partial charge is 0.306 e. The summed E-state index contributed by atoms with van der Waals surface area (Å²) in [5.41, 5.74) is 0. The van der Waals surface area contributed by atoms with Crippen LogP contribution in [-0.4, -0.2) is 63.8 Å². The Hall–Kier alpha value is -2.88. The van der Waals surface area contributed by atoms with Crippen LogP contribution in [0.15, 0.2) is 46.9 Å². The summed E-state index contributed by atoms with van der Waals surface area (Å²) in [6.07, 6.45) is 4.91. The minimum atomic E-state index is -0.552. The van der Waals surface area contributed by atoms with Gasteiger partial charge in [-0.25, -0.2) is 0 Å². The zero-order chi connectivity index (χ0) is 32.4. The van der Waals surface area contributed by atoms with Gasteiger partial charge in [-0.1, -0.05) is 80.7 Å². The van der Waals surface area contributed by atoms with Crippen molar-refractivity contribution >= 4 is 49.4 Å². The fraction of sp³-hybridized carbons (Fsp3) is 0.556. The molecule has 0 fully saturated rings. The lowest BCUT2D eigenvalue weighted by Crippen LogP contribution is -2.30. The molecule has 3 aromatic rings. The molecular weight excluding hydrogens is 640 g/mol. The highest BCUT2D eigenvalue weighted by molar-refractivity contribution is 9.10. The summed E-state index contributed by atoms with van der Waals surface area (Å²) in [6.45, 7) is 10.1. The second-order valence-corrected chi connectivity index (χ2v) is 12.0. The maximum absolute atomic E-state index is 12.4. The van der Waals surface area contributed by atoms with Crippen LogP contribution in [-0.2, 0) is 28.5 Å². The summed E-state index contributed by atoms with van der Waals surface area (Å²) < 4.78 is 37.0. The van der Waals surface area contributed by atoms with Gasteiger partial charge >= 0.3 is 11.9 Å². The molecule has 0 amide bonds. The van der Waals surface area contributed by atoms with E-state index in [1.807, 2.05) is 56.3 Å². The molecule has 0 radical (unpaired) electrons. The SMILES string of the molecule is CCCCOCC(COc1c2ccccc2c(OCC(COCCCC)OC(=O)CCC)c2cc(Br)ccc12)OC(=O)CCC. The summed E-state index contributed by atoms with van der Waals surface area (Å²) >= 11 is 3.62. The highest BCUT2D eigenvalue weighted by atomic mass is 79.9. The normalized spacial score (nSPS) is 12.6. The molecule has 0 saturated heterocycles. The Labute approximate surface area is 276 Å². The van der Waals surface area contributed by atoms with Crippen LogP contribution in [0.2, 0.25) is 0 Å². The van der Waals surface area contributed by atoms with Crippen LogP contribution in [0, 0.1) is 0 Å². The van der Waals surface area contributed by atoms with Gasteiger partial charge in [-0.2, -0.15) is 0 Å². The number of carbonyl (C=O) groups excluding carboxylic acids is 2. The van der Waals surface area contributed by atoms with E-state index in [1.165, 1.54) is 0 Å². The fourth-order valence-electron chi connectivity index (χ4n) is 4.79. The van der Waals surface area contributed by atoms with Crippen LogP contribution in [0.3, 0.4) is 0 Å². The average molecular weight is 690 g/mol. The Morgan fingerprint density at radius 1 is 0.622 bits per heavy atom. The van der Waals surface area contributed by atoms with Crippen LogP contribution >= 0.6 is 15.9 Å². The highest BCUT2D eigenvalue weighted by Crippen LogP contribution is 2.43. The monoisotopic (exact) mass is 688 g/mol. The van der Waals surface area contributed by atoms with Crippen LogP contribution < -0.4 is 9.47 Å². The molecule has 3 aromatic carbocycles. The molecule has 0 bridgehead atoms. The summed E-state index contributed by atoms with van der Waals surface area (Å²) in [6, 6.07) is 13.8. The molecule has 0 heterocycles. The van der Waals surface area contributed by atoms with Gasteiger partial charge in [-0.05, 0) is 43.9 Å². The van der Waals surface area contributed by atoms with E-state index in [4.69, 9.17) is 28.4 Å². The zero-order valence-electron chi connectivity index (χ0n) is 27.2. The molecule has 3 rings (SSSR count). The highest BCUT2D eigenvalue weighted by Gasteiger charge is 2.22. The maximum Gasteiger partial charge on any atom is 0.306 e. The van der Waals surface area contributed by atoms with Crippen LogP contribution in [0.1, 0.15) is 79.1 Å². The lowest BCUT2D eigenvalue weighted by atomic mass is 10.0. The quantitative estimate of drug-likeness (QED) is 0.0589. The van der Waals surface area contributed by atoms with Crippen molar-refractivity contribution in [2.45, 2.75) is 91.3 Å². The minimum absolute atomic E-state index is 0.137. The van der Waals surface area contributed by atoms with Crippen molar-refractivity contribution in [3.8, 4) is 11.5 Å². The fourth-order valence-corrected chi connectivity index (χ4v) is 5.15. The van der Waals surface area contributed by atoms with Crippen molar-refractivity contribution in [1.29, 1.82) is 0 Å². The second kappa shape index (κ2) is 20.3. The number of fused-ring (bicyclic) bond motifs is 2. The van der Waals surface area contributed by atoms with Crippen molar-refractivity contribution < 1.29 is 38.0 Å². The maximum atomic E-state index is 12.4. The number of rotatable bonds is 22. The number of esters is 2. The Morgan fingerprint density at radius 2 is 1.09 bits per heavy atom. The Morgan fingerprint density at radius 3 is 1.56 bits per heavy atom. The van der Waals surface area contributed by atoms with Crippen LogP contribution in [0.4, 0.5) is 0 Å². The lowest BCUT2D eigenvalue weighted by Gasteiger charge is -2.23. The third-order valence-corrected chi connectivity index (χ3v) is 7.60. The number of carbonyl (C=O) groups is 2. The molecular formula is C36H49BrO8. The van der Waals surface area contributed by atoms with Crippen molar-refractivity contribution in [2.75, 3.05) is 39.6 Å².